The van der Waals surface area contributed by atoms with Crippen LogP contribution in [0.4, 0.5) is 0 Å². The molecule has 4 nitrogen and oxygen atoms in total. The van der Waals surface area contributed by atoms with Gasteiger partial charge in [0, 0.05) is 6.04 Å². The van der Waals surface area contributed by atoms with Crippen LogP contribution >= 0.6 is 0 Å². The van der Waals surface area contributed by atoms with E-state index in [1.807, 2.05) is 6.92 Å². The Morgan fingerprint density at radius 1 is 1.23 bits per heavy atom. The summed E-state index contributed by atoms with van der Waals surface area (Å²) >= 11 is 0. The average Bonchev–Trinajstić information content (AvgIpc) is 3.41. The molecule has 1 fully saturated rings. The number of rotatable bonds is 9. The first kappa shape index (κ1) is 20.5. The molecule has 2 atom stereocenters. The Bertz CT molecular complexity index is 640. The fraction of sp³-hybridized carbons (Fsp3) is 0.636. The van der Waals surface area contributed by atoms with Gasteiger partial charge in [-0.2, -0.15) is 5.26 Å². The van der Waals surface area contributed by atoms with Crippen molar-refractivity contribution in [2.75, 3.05) is 6.54 Å². The highest BCUT2D eigenvalue weighted by Gasteiger charge is 2.42. The molecule has 4 heteroatoms. The van der Waals surface area contributed by atoms with Crippen molar-refractivity contribution in [2.45, 2.75) is 65.5 Å². The maximum atomic E-state index is 12.4. The summed E-state index contributed by atoms with van der Waals surface area (Å²) in [5.74, 6) is 1.20. The Balaban J connectivity index is 1.95. The van der Waals surface area contributed by atoms with Crippen LogP contribution in [0.15, 0.2) is 24.3 Å². The Kier molecular flexibility index (Phi) is 6.83. The highest BCUT2D eigenvalue weighted by Crippen LogP contribution is 2.39. The zero-order chi connectivity index (χ0) is 19.3. The molecule has 0 heterocycles. The molecule has 1 aliphatic rings. The third-order valence-corrected chi connectivity index (χ3v) is 5.16. The van der Waals surface area contributed by atoms with E-state index >= 15 is 0 Å². The Morgan fingerprint density at radius 2 is 1.85 bits per heavy atom. The quantitative estimate of drug-likeness (QED) is 0.704. The van der Waals surface area contributed by atoms with Crippen molar-refractivity contribution in [1.29, 1.82) is 5.26 Å². The first-order chi connectivity index (χ1) is 12.2. The lowest BCUT2D eigenvalue weighted by atomic mass is 9.93. The molecule has 2 rings (SSSR count). The van der Waals surface area contributed by atoms with Crippen LogP contribution < -0.4 is 10.6 Å². The molecular weight excluding hydrogens is 322 g/mol. The van der Waals surface area contributed by atoms with Crippen molar-refractivity contribution < 1.29 is 4.79 Å². The monoisotopic (exact) mass is 355 g/mol. The summed E-state index contributed by atoms with van der Waals surface area (Å²) < 4.78 is 0. The van der Waals surface area contributed by atoms with E-state index in [1.165, 1.54) is 11.1 Å². The molecule has 0 aromatic heterocycles. The smallest absolute Gasteiger partial charge is 0.235 e. The second-order valence-electron chi connectivity index (χ2n) is 8.58. The van der Waals surface area contributed by atoms with Crippen LogP contribution in [-0.4, -0.2) is 18.0 Å². The van der Waals surface area contributed by atoms with Gasteiger partial charge >= 0.3 is 0 Å². The van der Waals surface area contributed by atoms with E-state index < -0.39 is 5.54 Å². The normalized spacial score (nSPS) is 17.6. The van der Waals surface area contributed by atoms with Gasteiger partial charge in [-0.15, -0.1) is 0 Å². The van der Waals surface area contributed by atoms with E-state index in [0.717, 1.165) is 19.3 Å². The maximum absolute atomic E-state index is 12.4. The standard InChI is InChI=1S/C22H33N3O/c1-15(2)12-17-6-8-18(9-7-17)21(16(3)4)24-13-20(26)25-22(5,14-23)19-10-11-19/h6-9,15-16,19,21,24H,10-13H2,1-5H3,(H,25,26)/t21-,22-/m0/s1. The van der Waals surface area contributed by atoms with Gasteiger partial charge < -0.3 is 10.6 Å². The van der Waals surface area contributed by atoms with Crippen LogP contribution in [0, 0.1) is 29.1 Å². The minimum atomic E-state index is -0.732. The minimum absolute atomic E-state index is 0.108. The summed E-state index contributed by atoms with van der Waals surface area (Å²) in [5.41, 5.74) is 1.81. The molecule has 26 heavy (non-hydrogen) atoms. The lowest BCUT2D eigenvalue weighted by molar-refractivity contribution is -0.121. The Morgan fingerprint density at radius 3 is 2.31 bits per heavy atom. The van der Waals surface area contributed by atoms with Crippen molar-refractivity contribution in [1.82, 2.24) is 10.6 Å². The highest BCUT2D eigenvalue weighted by atomic mass is 16.2. The predicted molar refractivity (Wildman–Crippen MR) is 105 cm³/mol. The van der Waals surface area contributed by atoms with Gasteiger partial charge in [-0.1, -0.05) is 52.0 Å². The Labute approximate surface area is 158 Å². The van der Waals surface area contributed by atoms with Crippen LogP contribution in [0.25, 0.3) is 0 Å². The van der Waals surface area contributed by atoms with Gasteiger partial charge in [0.2, 0.25) is 5.91 Å². The van der Waals surface area contributed by atoms with Gasteiger partial charge in [-0.3, -0.25) is 4.79 Å². The molecule has 1 amide bonds. The van der Waals surface area contributed by atoms with Crippen molar-refractivity contribution in [3.05, 3.63) is 35.4 Å². The largest absolute Gasteiger partial charge is 0.337 e. The van der Waals surface area contributed by atoms with Gasteiger partial charge in [-0.25, -0.2) is 0 Å². The third kappa shape index (κ3) is 5.57. The van der Waals surface area contributed by atoms with E-state index in [0.29, 0.717) is 17.8 Å². The van der Waals surface area contributed by atoms with Crippen LogP contribution in [0.5, 0.6) is 0 Å². The van der Waals surface area contributed by atoms with Crippen molar-refractivity contribution >= 4 is 5.91 Å². The van der Waals surface area contributed by atoms with Crippen LogP contribution in [-0.2, 0) is 11.2 Å². The van der Waals surface area contributed by atoms with Crippen molar-refractivity contribution in [3.8, 4) is 6.07 Å². The average molecular weight is 356 g/mol. The van der Waals surface area contributed by atoms with E-state index in [9.17, 15) is 10.1 Å². The molecule has 1 aromatic carbocycles. The molecule has 0 spiro atoms. The fourth-order valence-electron chi connectivity index (χ4n) is 3.49. The van der Waals surface area contributed by atoms with Crippen molar-refractivity contribution in [3.63, 3.8) is 0 Å². The molecule has 0 aliphatic heterocycles. The van der Waals surface area contributed by atoms with Crippen LogP contribution in [0.2, 0.25) is 0 Å². The SMILES string of the molecule is CC(C)Cc1ccc([C@@H](NCC(=O)N[C@@](C)(C#N)C2CC2)C(C)C)cc1. The number of hydrogen-bond acceptors (Lipinski definition) is 3. The summed E-state index contributed by atoms with van der Waals surface area (Å²) in [6.45, 7) is 10.8. The van der Waals surface area contributed by atoms with E-state index in [2.05, 4.69) is 68.7 Å². The highest BCUT2D eigenvalue weighted by molar-refractivity contribution is 5.79. The fourth-order valence-corrected chi connectivity index (χ4v) is 3.49. The van der Waals surface area contributed by atoms with Crippen molar-refractivity contribution in [2.24, 2.45) is 17.8 Å². The molecule has 142 valence electrons. The maximum Gasteiger partial charge on any atom is 0.235 e. The number of carbonyl (C=O) groups is 1. The molecule has 0 bridgehead atoms. The number of nitriles is 1. The number of amides is 1. The lowest BCUT2D eigenvalue weighted by Crippen LogP contribution is -2.50. The van der Waals surface area contributed by atoms with E-state index in [4.69, 9.17) is 0 Å². The van der Waals surface area contributed by atoms with Gasteiger partial charge in [0.25, 0.3) is 0 Å². The summed E-state index contributed by atoms with van der Waals surface area (Å²) in [7, 11) is 0. The molecule has 1 aliphatic carbocycles. The summed E-state index contributed by atoms with van der Waals surface area (Å²) in [6, 6.07) is 11.1. The second kappa shape index (κ2) is 8.68. The number of nitrogens with one attached hydrogen (secondary N) is 2. The zero-order valence-electron chi connectivity index (χ0n) is 16.8. The summed E-state index contributed by atoms with van der Waals surface area (Å²) in [4.78, 5) is 12.4. The van der Waals surface area contributed by atoms with Crippen LogP contribution in [0.1, 0.15) is 64.6 Å². The summed E-state index contributed by atoms with van der Waals surface area (Å²) in [6.07, 6.45) is 3.13. The van der Waals surface area contributed by atoms with E-state index in [1.54, 1.807) is 0 Å². The molecule has 1 aromatic rings. The first-order valence-electron chi connectivity index (χ1n) is 9.79. The number of carbonyl (C=O) groups excluding carboxylic acids is 1. The van der Waals surface area contributed by atoms with Gasteiger partial charge in [-0.05, 0) is 55.1 Å². The van der Waals surface area contributed by atoms with Gasteiger partial charge in [0.15, 0.2) is 0 Å². The number of nitrogens with zero attached hydrogens (tertiary/aromatic N) is 1. The molecule has 0 unspecified atom stereocenters. The molecule has 0 radical (unpaired) electrons. The second-order valence-corrected chi connectivity index (χ2v) is 8.58. The first-order valence-corrected chi connectivity index (χ1v) is 9.79. The third-order valence-electron chi connectivity index (χ3n) is 5.16. The van der Waals surface area contributed by atoms with Gasteiger partial charge in [0.1, 0.15) is 5.54 Å². The number of hydrogen-bond donors (Lipinski definition) is 2. The molecular formula is C22H33N3O. The lowest BCUT2D eigenvalue weighted by Gasteiger charge is -2.26. The molecule has 0 saturated heterocycles. The van der Waals surface area contributed by atoms with Gasteiger partial charge in [0.05, 0.1) is 12.6 Å². The topological polar surface area (TPSA) is 64.9 Å². The predicted octanol–water partition coefficient (Wildman–Crippen LogP) is 3.98. The van der Waals surface area contributed by atoms with Crippen LogP contribution in [0.3, 0.4) is 0 Å². The van der Waals surface area contributed by atoms with E-state index in [-0.39, 0.29) is 18.5 Å². The minimum Gasteiger partial charge on any atom is -0.337 e. The number of benzene rings is 1. The Hall–Kier alpha value is -1.86. The molecule has 2 N–H and O–H groups in total. The zero-order valence-corrected chi connectivity index (χ0v) is 16.8. The molecule has 1 saturated carbocycles. The summed E-state index contributed by atoms with van der Waals surface area (Å²) in [5, 5.41) is 15.7.